The van der Waals surface area contributed by atoms with Gasteiger partial charge in [-0.25, -0.2) is 0 Å². The van der Waals surface area contributed by atoms with Crippen molar-refractivity contribution >= 4 is 12.4 Å². The molecule has 13 heavy (non-hydrogen) atoms. The Morgan fingerprint density at radius 3 is 2.46 bits per heavy atom. The number of halogens is 1. The summed E-state index contributed by atoms with van der Waals surface area (Å²) in [5, 5.41) is 0. The molecule has 1 atom stereocenters. The van der Waals surface area contributed by atoms with E-state index >= 15 is 0 Å². The van der Waals surface area contributed by atoms with Crippen LogP contribution in [0, 0.1) is 12.8 Å². The summed E-state index contributed by atoms with van der Waals surface area (Å²) in [5.74, 6) is 0.756. The van der Waals surface area contributed by atoms with Gasteiger partial charge in [-0.15, -0.1) is 12.4 Å². The van der Waals surface area contributed by atoms with Crippen LogP contribution < -0.4 is 5.73 Å². The molecule has 72 valence electrons. The number of nitrogens with two attached hydrogens (primary N) is 1. The van der Waals surface area contributed by atoms with Crippen LogP contribution in [0.4, 0.5) is 0 Å². The van der Waals surface area contributed by atoms with E-state index in [-0.39, 0.29) is 18.4 Å². The van der Waals surface area contributed by atoms with E-state index in [2.05, 4.69) is 31.2 Å². The Kier molecular flexibility index (Phi) is 3.34. The molecule has 1 nitrogen and oxygen atoms in total. The van der Waals surface area contributed by atoms with Gasteiger partial charge in [-0.1, -0.05) is 24.3 Å². The predicted octanol–water partition coefficient (Wildman–Crippen LogP) is 2.83. The molecule has 2 heteroatoms. The van der Waals surface area contributed by atoms with Crippen LogP contribution in [-0.2, 0) is 0 Å². The lowest BCUT2D eigenvalue weighted by molar-refractivity contribution is 0.630. The van der Waals surface area contributed by atoms with Gasteiger partial charge in [-0.2, -0.15) is 0 Å². The zero-order valence-corrected chi connectivity index (χ0v) is 8.68. The van der Waals surface area contributed by atoms with Crippen LogP contribution >= 0.6 is 12.4 Å². The molecule has 0 amide bonds. The van der Waals surface area contributed by atoms with Gasteiger partial charge in [0.2, 0.25) is 0 Å². The summed E-state index contributed by atoms with van der Waals surface area (Å²) in [6.07, 6.45) is 2.63. The molecule has 1 aromatic rings. The highest BCUT2D eigenvalue weighted by Crippen LogP contribution is 2.40. The maximum Gasteiger partial charge on any atom is 0.0326 e. The fourth-order valence-corrected chi connectivity index (χ4v) is 1.67. The van der Waals surface area contributed by atoms with Crippen molar-refractivity contribution in [3.8, 4) is 0 Å². The molecule has 1 aromatic carbocycles. The fourth-order valence-electron chi connectivity index (χ4n) is 1.67. The SMILES string of the molecule is Cc1ccccc1C(N)C1CC1.Cl. The largest absolute Gasteiger partial charge is 0.324 e. The van der Waals surface area contributed by atoms with Crippen molar-refractivity contribution in [3.05, 3.63) is 35.4 Å². The zero-order valence-electron chi connectivity index (χ0n) is 7.86. The van der Waals surface area contributed by atoms with Crippen molar-refractivity contribution in [2.24, 2.45) is 11.7 Å². The Hall–Kier alpha value is -0.530. The highest BCUT2D eigenvalue weighted by Gasteiger charge is 2.29. The molecule has 0 heterocycles. The normalized spacial score (nSPS) is 17.7. The first-order chi connectivity index (χ1) is 5.79. The van der Waals surface area contributed by atoms with Gasteiger partial charge < -0.3 is 5.73 Å². The first-order valence-electron chi connectivity index (χ1n) is 4.60. The summed E-state index contributed by atoms with van der Waals surface area (Å²) in [5.41, 5.74) is 8.76. The van der Waals surface area contributed by atoms with Crippen LogP contribution in [0.5, 0.6) is 0 Å². The van der Waals surface area contributed by atoms with E-state index in [9.17, 15) is 0 Å². The average molecular weight is 198 g/mol. The maximum atomic E-state index is 6.10. The number of aryl methyl sites for hydroxylation is 1. The van der Waals surface area contributed by atoms with Crippen LogP contribution in [0.25, 0.3) is 0 Å². The summed E-state index contributed by atoms with van der Waals surface area (Å²) in [4.78, 5) is 0. The Balaban J connectivity index is 0.000000845. The van der Waals surface area contributed by atoms with Gasteiger partial charge >= 0.3 is 0 Å². The monoisotopic (exact) mass is 197 g/mol. The van der Waals surface area contributed by atoms with Crippen LogP contribution in [-0.4, -0.2) is 0 Å². The van der Waals surface area contributed by atoms with Crippen molar-refractivity contribution in [1.29, 1.82) is 0 Å². The van der Waals surface area contributed by atoms with E-state index < -0.39 is 0 Å². The third-order valence-corrected chi connectivity index (χ3v) is 2.68. The number of benzene rings is 1. The molecule has 0 radical (unpaired) electrons. The fraction of sp³-hybridized carbons (Fsp3) is 0.455. The third kappa shape index (κ3) is 2.23. The summed E-state index contributed by atoms with van der Waals surface area (Å²) in [7, 11) is 0. The Morgan fingerprint density at radius 2 is 1.92 bits per heavy atom. The number of rotatable bonds is 2. The molecule has 1 aliphatic carbocycles. The molecular formula is C11H16ClN. The van der Waals surface area contributed by atoms with Crippen molar-refractivity contribution in [2.75, 3.05) is 0 Å². The topological polar surface area (TPSA) is 26.0 Å². The van der Waals surface area contributed by atoms with E-state index in [0.29, 0.717) is 0 Å². The molecule has 0 saturated heterocycles. The molecule has 0 spiro atoms. The Labute approximate surface area is 85.7 Å². The van der Waals surface area contributed by atoms with Gasteiger partial charge in [0.25, 0.3) is 0 Å². The van der Waals surface area contributed by atoms with Crippen LogP contribution in [0.15, 0.2) is 24.3 Å². The first kappa shape index (κ1) is 10.6. The molecule has 0 bridgehead atoms. The second-order valence-electron chi connectivity index (χ2n) is 3.72. The van der Waals surface area contributed by atoms with Gasteiger partial charge in [0.05, 0.1) is 0 Å². The van der Waals surface area contributed by atoms with Crippen LogP contribution in [0.3, 0.4) is 0 Å². The van der Waals surface area contributed by atoms with Crippen LogP contribution in [0.1, 0.15) is 30.0 Å². The highest BCUT2D eigenvalue weighted by molar-refractivity contribution is 5.85. The molecule has 1 saturated carbocycles. The Bertz CT molecular complexity index is 281. The summed E-state index contributed by atoms with van der Waals surface area (Å²) < 4.78 is 0. The Morgan fingerprint density at radius 1 is 1.31 bits per heavy atom. The van der Waals surface area contributed by atoms with E-state index in [0.717, 1.165) is 5.92 Å². The lowest BCUT2D eigenvalue weighted by Crippen LogP contribution is -2.13. The summed E-state index contributed by atoms with van der Waals surface area (Å²) >= 11 is 0. The average Bonchev–Trinajstić information content (AvgIpc) is 2.86. The molecular weight excluding hydrogens is 182 g/mol. The van der Waals surface area contributed by atoms with Crippen molar-refractivity contribution in [2.45, 2.75) is 25.8 Å². The molecule has 2 N–H and O–H groups in total. The standard InChI is InChI=1S/C11H15N.ClH/c1-8-4-2-3-5-10(8)11(12)9-6-7-9;/h2-5,9,11H,6-7,12H2,1H3;1H. The van der Waals surface area contributed by atoms with E-state index in [1.807, 2.05) is 0 Å². The number of hydrogen-bond acceptors (Lipinski definition) is 1. The first-order valence-corrected chi connectivity index (χ1v) is 4.60. The van der Waals surface area contributed by atoms with Gasteiger partial charge in [0, 0.05) is 6.04 Å². The molecule has 2 rings (SSSR count). The van der Waals surface area contributed by atoms with Gasteiger partial charge in [-0.3, -0.25) is 0 Å². The van der Waals surface area contributed by atoms with Crippen molar-refractivity contribution in [1.82, 2.24) is 0 Å². The highest BCUT2D eigenvalue weighted by atomic mass is 35.5. The molecule has 0 aromatic heterocycles. The lowest BCUT2D eigenvalue weighted by Gasteiger charge is -2.12. The van der Waals surface area contributed by atoms with E-state index in [4.69, 9.17) is 5.73 Å². The van der Waals surface area contributed by atoms with Gasteiger partial charge in [0.1, 0.15) is 0 Å². The third-order valence-electron chi connectivity index (χ3n) is 2.68. The predicted molar refractivity (Wildman–Crippen MR) is 58.1 cm³/mol. The second-order valence-corrected chi connectivity index (χ2v) is 3.72. The van der Waals surface area contributed by atoms with Crippen molar-refractivity contribution < 1.29 is 0 Å². The van der Waals surface area contributed by atoms with Crippen molar-refractivity contribution in [3.63, 3.8) is 0 Å². The molecule has 1 fully saturated rings. The zero-order chi connectivity index (χ0) is 8.55. The quantitative estimate of drug-likeness (QED) is 0.776. The molecule has 0 aliphatic heterocycles. The number of hydrogen-bond donors (Lipinski definition) is 1. The van der Waals surface area contributed by atoms with Gasteiger partial charge in [-0.05, 0) is 36.8 Å². The minimum absolute atomic E-state index is 0. The maximum absolute atomic E-state index is 6.10. The van der Waals surface area contributed by atoms with E-state index in [1.165, 1.54) is 24.0 Å². The molecule has 1 unspecified atom stereocenters. The minimum Gasteiger partial charge on any atom is -0.324 e. The van der Waals surface area contributed by atoms with E-state index in [1.54, 1.807) is 0 Å². The second kappa shape index (κ2) is 4.12. The summed E-state index contributed by atoms with van der Waals surface area (Å²) in [6.45, 7) is 2.14. The van der Waals surface area contributed by atoms with Crippen LogP contribution in [0.2, 0.25) is 0 Å². The smallest absolute Gasteiger partial charge is 0.0326 e. The summed E-state index contributed by atoms with van der Waals surface area (Å²) in [6, 6.07) is 8.71. The lowest BCUT2D eigenvalue weighted by atomic mass is 9.99. The van der Waals surface area contributed by atoms with Gasteiger partial charge in [0.15, 0.2) is 0 Å². The molecule has 1 aliphatic rings. The minimum atomic E-state index is 0.